The van der Waals surface area contributed by atoms with Gasteiger partial charge in [-0.3, -0.25) is 0 Å². The topological polar surface area (TPSA) is 15.3 Å². The summed E-state index contributed by atoms with van der Waals surface area (Å²) >= 11 is 0. The molecule has 2 aliphatic rings. The third-order valence-electron chi connectivity index (χ3n) is 3.23. The molecule has 2 nitrogen and oxygen atoms in total. The van der Waals surface area contributed by atoms with Crippen molar-refractivity contribution in [1.82, 2.24) is 10.2 Å². The van der Waals surface area contributed by atoms with Gasteiger partial charge in [0.2, 0.25) is 0 Å². The van der Waals surface area contributed by atoms with Crippen LogP contribution in [0.5, 0.6) is 0 Å². The maximum absolute atomic E-state index is 3.33. The summed E-state index contributed by atoms with van der Waals surface area (Å²) in [5.41, 5.74) is 0. The molecule has 0 saturated carbocycles. The summed E-state index contributed by atoms with van der Waals surface area (Å²) < 4.78 is 0. The van der Waals surface area contributed by atoms with Crippen LogP contribution >= 0.6 is 0 Å². The van der Waals surface area contributed by atoms with Gasteiger partial charge in [-0.15, -0.1) is 0 Å². The van der Waals surface area contributed by atoms with Gasteiger partial charge in [0.1, 0.15) is 0 Å². The Hall–Kier alpha value is -0.0800. The van der Waals surface area contributed by atoms with Crippen LogP contribution in [0.2, 0.25) is 0 Å². The first-order valence-corrected chi connectivity index (χ1v) is 5.27. The molecule has 0 bridgehead atoms. The van der Waals surface area contributed by atoms with Gasteiger partial charge in [0.15, 0.2) is 0 Å². The average molecular weight is 168 g/mol. The zero-order valence-electron chi connectivity index (χ0n) is 8.05. The van der Waals surface area contributed by atoms with E-state index in [1.165, 1.54) is 45.6 Å². The van der Waals surface area contributed by atoms with Crippen LogP contribution in [-0.2, 0) is 0 Å². The van der Waals surface area contributed by atoms with Gasteiger partial charge in [0, 0.05) is 6.54 Å². The zero-order valence-corrected chi connectivity index (χ0v) is 8.05. The van der Waals surface area contributed by atoms with Gasteiger partial charge in [-0.25, -0.2) is 0 Å². The van der Waals surface area contributed by atoms with Crippen LogP contribution in [-0.4, -0.2) is 37.6 Å². The quantitative estimate of drug-likeness (QED) is 0.674. The minimum absolute atomic E-state index is 0.949. The predicted molar refractivity (Wildman–Crippen MR) is 51.2 cm³/mol. The Kier molecular flexibility index (Phi) is 2.66. The number of hydrogen-bond acceptors (Lipinski definition) is 2. The first-order valence-electron chi connectivity index (χ1n) is 5.27. The Morgan fingerprint density at radius 1 is 1.42 bits per heavy atom. The minimum atomic E-state index is 0.949. The average Bonchev–Trinajstić information content (AvgIpc) is 2.32. The fourth-order valence-electron chi connectivity index (χ4n) is 2.15. The second-order valence-corrected chi connectivity index (χ2v) is 4.51. The molecule has 2 heteroatoms. The van der Waals surface area contributed by atoms with E-state index in [0.717, 1.165) is 11.8 Å². The number of likely N-dealkylation sites (tertiary alicyclic amines) is 1. The van der Waals surface area contributed by atoms with Crippen molar-refractivity contribution in [3.63, 3.8) is 0 Å². The van der Waals surface area contributed by atoms with Crippen LogP contribution in [0.1, 0.15) is 19.8 Å². The van der Waals surface area contributed by atoms with Crippen LogP contribution < -0.4 is 5.32 Å². The van der Waals surface area contributed by atoms with E-state index < -0.39 is 0 Å². The molecule has 2 fully saturated rings. The van der Waals surface area contributed by atoms with Gasteiger partial charge < -0.3 is 10.2 Å². The van der Waals surface area contributed by atoms with Gasteiger partial charge in [-0.2, -0.15) is 0 Å². The van der Waals surface area contributed by atoms with Gasteiger partial charge in [-0.1, -0.05) is 6.92 Å². The highest BCUT2D eigenvalue weighted by atomic mass is 15.1. The molecular formula is C10H20N2. The van der Waals surface area contributed by atoms with Gasteiger partial charge in [-0.05, 0) is 50.9 Å². The van der Waals surface area contributed by atoms with Crippen LogP contribution in [0.4, 0.5) is 0 Å². The van der Waals surface area contributed by atoms with Crippen molar-refractivity contribution in [3.8, 4) is 0 Å². The van der Waals surface area contributed by atoms with E-state index in [4.69, 9.17) is 0 Å². The molecule has 2 rings (SSSR count). The molecule has 0 amide bonds. The molecule has 12 heavy (non-hydrogen) atoms. The molecule has 0 aromatic carbocycles. The van der Waals surface area contributed by atoms with Crippen molar-refractivity contribution in [3.05, 3.63) is 0 Å². The third kappa shape index (κ3) is 1.99. The highest BCUT2D eigenvalue weighted by Gasteiger charge is 2.21. The lowest BCUT2D eigenvalue weighted by Crippen LogP contribution is -2.43. The van der Waals surface area contributed by atoms with Gasteiger partial charge in [0.05, 0.1) is 0 Å². The second-order valence-electron chi connectivity index (χ2n) is 4.51. The van der Waals surface area contributed by atoms with Crippen LogP contribution in [0, 0.1) is 11.8 Å². The molecule has 1 N–H and O–H groups in total. The van der Waals surface area contributed by atoms with E-state index in [9.17, 15) is 0 Å². The molecular weight excluding hydrogens is 148 g/mol. The summed E-state index contributed by atoms with van der Waals surface area (Å²) in [6.07, 6.45) is 2.84. The number of hydrogen-bond donors (Lipinski definition) is 1. The number of rotatable bonds is 3. The minimum Gasteiger partial charge on any atom is -0.316 e. The van der Waals surface area contributed by atoms with Crippen LogP contribution in [0.3, 0.4) is 0 Å². The van der Waals surface area contributed by atoms with Crippen molar-refractivity contribution < 1.29 is 0 Å². The summed E-state index contributed by atoms with van der Waals surface area (Å²) in [6.45, 7) is 8.94. The molecule has 2 heterocycles. The third-order valence-corrected chi connectivity index (χ3v) is 3.23. The fourth-order valence-corrected chi connectivity index (χ4v) is 2.15. The smallest absolute Gasteiger partial charge is 0.000750 e. The first kappa shape index (κ1) is 8.52. The van der Waals surface area contributed by atoms with E-state index >= 15 is 0 Å². The SMILES string of the molecule is CC1CCN(CCC2CNC2)C1. The van der Waals surface area contributed by atoms with Crippen LogP contribution in [0.15, 0.2) is 0 Å². The van der Waals surface area contributed by atoms with Crippen molar-refractivity contribution in [2.45, 2.75) is 19.8 Å². The maximum atomic E-state index is 3.33. The van der Waals surface area contributed by atoms with Crippen molar-refractivity contribution in [2.75, 3.05) is 32.7 Å². The molecule has 2 saturated heterocycles. The molecule has 0 aromatic heterocycles. The summed E-state index contributed by atoms with van der Waals surface area (Å²) in [4.78, 5) is 2.63. The molecule has 0 spiro atoms. The Labute approximate surface area is 75.3 Å². The highest BCUT2D eigenvalue weighted by Crippen LogP contribution is 2.17. The molecule has 70 valence electrons. The van der Waals surface area contributed by atoms with E-state index in [2.05, 4.69) is 17.1 Å². The largest absolute Gasteiger partial charge is 0.316 e. The van der Waals surface area contributed by atoms with E-state index in [1.54, 1.807) is 0 Å². The van der Waals surface area contributed by atoms with Crippen molar-refractivity contribution in [1.29, 1.82) is 0 Å². The maximum Gasteiger partial charge on any atom is 0.000750 e. The molecule has 1 atom stereocenters. The lowest BCUT2D eigenvalue weighted by atomic mass is 9.99. The van der Waals surface area contributed by atoms with Crippen LogP contribution in [0.25, 0.3) is 0 Å². The van der Waals surface area contributed by atoms with E-state index in [0.29, 0.717) is 0 Å². The molecule has 1 unspecified atom stereocenters. The van der Waals surface area contributed by atoms with E-state index in [1.807, 2.05) is 0 Å². The van der Waals surface area contributed by atoms with Gasteiger partial charge >= 0.3 is 0 Å². The number of nitrogens with one attached hydrogen (secondary N) is 1. The number of nitrogens with zero attached hydrogens (tertiary/aromatic N) is 1. The molecule has 0 radical (unpaired) electrons. The van der Waals surface area contributed by atoms with E-state index in [-0.39, 0.29) is 0 Å². The standard InChI is InChI=1S/C10H20N2/c1-9-2-4-12(8-9)5-3-10-6-11-7-10/h9-11H,2-8H2,1H3. The Balaban J connectivity index is 1.60. The van der Waals surface area contributed by atoms with Crippen molar-refractivity contribution >= 4 is 0 Å². The second kappa shape index (κ2) is 3.75. The summed E-state index contributed by atoms with van der Waals surface area (Å²) in [7, 11) is 0. The Bertz CT molecular complexity index is 143. The lowest BCUT2D eigenvalue weighted by Gasteiger charge is -2.28. The predicted octanol–water partition coefficient (Wildman–Crippen LogP) is 0.938. The first-order chi connectivity index (χ1) is 5.84. The molecule has 0 aromatic rings. The van der Waals surface area contributed by atoms with Crippen molar-refractivity contribution in [2.24, 2.45) is 11.8 Å². The molecule has 0 aliphatic carbocycles. The Morgan fingerprint density at radius 2 is 2.25 bits per heavy atom. The zero-order chi connectivity index (χ0) is 8.39. The summed E-state index contributed by atoms with van der Waals surface area (Å²) in [5.74, 6) is 1.94. The molecule has 2 aliphatic heterocycles. The summed E-state index contributed by atoms with van der Waals surface area (Å²) in [6, 6.07) is 0. The Morgan fingerprint density at radius 3 is 2.75 bits per heavy atom. The monoisotopic (exact) mass is 168 g/mol. The lowest BCUT2D eigenvalue weighted by molar-refractivity contribution is 0.253. The normalized spacial score (nSPS) is 32.2. The fraction of sp³-hybridized carbons (Fsp3) is 1.00. The van der Waals surface area contributed by atoms with Gasteiger partial charge in [0.25, 0.3) is 0 Å². The highest BCUT2D eigenvalue weighted by molar-refractivity contribution is 4.78. The summed E-state index contributed by atoms with van der Waals surface area (Å²) in [5, 5.41) is 3.33.